The average Bonchev–Trinajstić information content (AvgIpc) is 2.27. The van der Waals surface area contributed by atoms with Crippen molar-refractivity contribution < 1.29 is 0 Å². The van der Waals surface area contributed by atoms with Crippen LogP contribution >= 0.6 is 0 Å². The molecule has 0 aliphatic rings. The lowest BCUT2D eigenvalue weighted by atomic mass is 9.88. The highest BCUT2D eigenvalue weighted by atomic mass is 14.1. The van der Waals surface area contributed by atoms with E-state index in [1.165, 1.54) is 16.7 Å². The highest BCUT2D eigenvalue weighted by molar-refractivity contribution is 5.36. The topological polar surface area (TPSA) is 0 Å². The van der Waals surface area contributed by atoms with E-state index in [9.17, 15) is 0 Å². The van der Waals surface area contributed by atoms with E-state index in [0.29, 0.717) is 5.92 Å². The third kappa shape index (κ3) is 3.10. The summed E-state index contributed by atoms with van der Waals surface area (Å²) in [5.41, 5.74) is 5.40. The van der Waals surface area contributed by atoms with Crippen LogP contribution in [0.25, 0.3) is 0 Å². The van der Waals surface area contributed by atoms with Gasteiger partial charge in [0.25, 0.3) is 0 Å². The van der Waals surface area contributed by atoms with E-state index in [2.05, 4.69) is 57.7 Å². The van der Waals surface area contributed by atoms with Gasteiger partial charge in [0.15, 0.2) is 0 Å². The summed E-state index contributed by atoms with van der Waals surface area (Å²) in [7, 11) is 0. The quantitative estimate of drug-likeness (QED) is 0.627. The Morgan fingerprint density at radius 2 is 1.94 bits per heavy atom. The molecule has 1 rings (SSSR count). The van der Waals surface area contributed by atoms with Gasteiger partial charge in [-0.2, -0.15) is 0 Å². The first-order valence-corrected chi connectivity index (χ1v) is 5.97. The highest BCUT2D eigenvalue weighted by Gasteiger charge is 2.10. The summed E-state index contributed by atoms with van der Waals surface area (Å²) in [5.74, 6) is 0.479. The molecule has 1 aromatic rings. The van der Waals surface area contributed by atoms with Crippen molar-refractivity contribution >= 4 is 0 Å². The zero-order valence-electron chi connectivity index (χ0n) is 10.9. The van der Waals surface area contributed by atoms with Crippen LogP contribution in [0.3, 0.4) is 0 Å². The van der Waals surface area contributed by atoms with E-state index in [-0.39, 0.29) is 0 Å². The molecule has 0 N–H and O–H groups in total. The molecule has 16 heavy (non-hydrogen) atoms. The maximum absolute atomic E-state index is 3.94. The Kier molecular flexibility index (Phi) is 4.54. The molecule has 0 saturated carbocycles. The lowest BCUT2D eigenvalue weighted by Gasteiger charge is -2.16. The zero-order valence-corrected chi connectivity index (χ0v) is 10.9. The van der Waals surface area contributed by atoms with Crippen LogP contribution in [0.2, 0.25) is 0 Å². The molecular weight excluding hydrogens is 192 g/mol. The van der Waals surface area contributed by atoms with Gasteiger partial charge in [-0.05, 0) is 31.4 Å². The normalized spacial score (nSPS) is 13.6. The number of allylic oxidation sites excluding steroid dienone is 3. The molecule has 0 aromatic heterocycles. The Morgan fingerprint density at radius 1 is 1.31 bits per heavy atom. The molecule has 0 aliphatic heterocycles. The Bertz CT molecular complexity index is 396. The van der Waals surface area contributed by atoms with Crippen LogP contribution in [-0.4, -0.2) is 0 Å². The van der Waals surface area contributed by atoms with Crippen LogP contribution in [0, 0.1) is 0 Å². The van der Waals surface area contributed by atoms with Crippen molar-refractivity contribution in [1.82, 2.24) is 0 Å². The van der Waals surface area contributed by atoms with Crippen LogP contribution in [0.5, 0.6) is 0 Å². The number of hydrogen-bond donors (Lipinski definition) is 0. The van der Waals surface area contributed by atoms with Crippen molar-refractivity contribution in [3.63, 3.8) is 0 Å². The first-order chi connectivity index (χ1) is 7.56. The van der Waals surface area contributed by atoms with Gasteiger partial charge >= 0.3 is 0 Å². The predicted molar refractivity (Wildman–Crippen MR) is 72.8 cm³/mol. The maximum atomic E-state index is 3.94. The van der Waals surface area contributed by atoms with Crippen molar-refractivity contribution in [2.75, 3.05) is 0 Å². The number of benzene rings is 1. The Labute approximate surface area is 99.7 Å². The third-order valence-electron chi connectivity index (χ3n) is 3.06. The fourth-order valence-corrected chi connectivity index (χ4v) is 2.04. The second kappa shape index (κ2) is 5.69. The molecule has 0 aliphatic carbocycles. The number of rotatable bonds is 4. The third-order valence-corrected chi connectivity index (χ3v) is 3.06. The summed E-state index contributed by atoms with van der Waals surface area (Å²) < 4.78 is 0. The molecule has 0 nitrogen and oxygen atoms in total. The molecule has 0 heteroatoms. The van der Waals surface area contributed by atoms with Gasteiger partial charge in [0.05, 0.1) is 0 Å². The Balaban J connectivity index is 3.04. The monoisotopic (exact) mass is 214 g/mol. The molecule has 86 valence electrons. The molecule has 0 spiro atoms. The lowest BCUT2D eigenvalue weighted by Crippen LogP contribution is -2.00. The second-order valence-corrected chi connectivity index (χ2v) is 4.51. The van der Waals surface area contributed by atoms with Gasteiger partial charge in [-0.3, -0.25) is 0 Å². The van der Waals surface area contributed by atoms with Crippen LogP contribution in [0.15, 0.2) is 48.1 Å². The minimum absolute atomic E-state index is 0.479. The van der Waals surface area contributed by atoms with Crippen molar-refractivity contribution in [3.05, 3.63) is 59.2 Å². The molecular formula is C16H22. The fourth-order valence-electron chi connectivity index (χ4n) is 2.04. The maximum Gasteiger partial charge on any atom is 0.00229 e. The van der Waals surface area contributed by atoms with Crippen LogP contribution in [0.1, 0.15) is 44.7 Å². The van der Waals surface area contributed by atoms with Crippen molar-refractivity contribution in [2.24, 2.45) is 0 Å². The zero-order chi connectivity index (χ0) is 12.1. The van der Waals surface area contributed by atoms with Gasteiger partial charge in [0.1, 0.15) is 0 Å². The van der Waals surface area contributed by atoms with E-state index in [4.69, 9.17) is 0 Å². The summed E-state index contributed by atoms with van der Waals surface area (Å²) in [6, 6.07) is 8.70. The molecule has 0 amide bonds. The van der Waals surface area contributed by atoms with Gasteiger partial charge in [-0.1, -0.05) is 61.9 Å². The molecule has 0 unspecified atom stereocenters. The molecule has 1 aromatic carbocycles. The molecule has 0 bridgehead atoms. The van der Waals surface area contributed by atoms with Crippen LogP contribution in [0.4, 0.5) is 0 Å². The minimum atomic E-state index is 0.479. The largest absolute Gasteiger partial charge is 0.0961 e. The highest BCUT2D eigenvalue weighted by Crippen LogP contribution is 2.27. The first-order valence-electron chi connectivity index (χ1n) is 5.97. The summed E-state index contributed by atoms with van der Waals surface area (Å²) >= 11 is 0. The molecule has 0 saturated heterocycles. The van der Waals surface area contributed by atoms with E-state index in [1.807, 2.05) is 6.92 Å². The van der Waals surface area contributed by atoms with Crippen molar-refractivity contribution in [2.45, 2.75) is 40.0 Å². The van der Waals surface area contributed by atoms with E-state index < -0.39 is 0 Å². The SMILES string of the molecule is C=C(C)/C=C(\C)[C@@H](C)c1ccccc1CC. The molecule has 0 radical (unpaired) electrons. The van der Waals surface area contributed by atoms with Crippen molar-refractivity contribution in [3.8, 4) is 0 Å². The number of aryl methyl sites for hydroxylation is 1. The predicted octanol–water partition coefficient (Wildman–Crippen LogP) is 4.87. The van der Waals surface area contributed by atoms with Gasteiger partial charge in [-0.25, -0.2) is 0 Å². The summed E-state index contributed by atoms with van der Waals surface area (Å²) in [6.07, 6.45) is 3.28. The van der Waals surface area contributed by atoms with Gasteiger partial charge in [0.2, 0.25) is 0 Å². The van der Waals surface area contributed by atoms with Crippen LogP contribution < -0.4 is 0 Å². The number of hydrogen-bond acceptors (Lipinski definition) is 0. The molecule has 1 atom stereocenters. The first kappa shape index (κ1) is 12.8. The second-order valence-electron chi connectivity index (χ2n) is 4.51. The fraction of sp³-hybridized carbons (Fsp3) is 0.375. The summed E-state index contributed by atoms with van der Waals surface area (Å²) in [5, 5.41) is 0. The van der Waals surface area contributed by atoms with Gasteiger partial charge in [-0.15, -0.1) is 0 Å². The van der Waals surface area contributed by atoms with Gasteiger partial charge in [0, 0.05) is 5.92 Å². The van der Waals surface area contributed by atoms with Crippen molar-refractivity contribution in [1.29, 1.82) is 0 Å². The van der Waals surface area contributed by atoms with E-state index in [1.54, 1.807) is 0 Å². The average molecular weight is 214 g/mol. The van der Waals surface area contributed by atoms with E-state index >= 15 is 0 Å². The summed E-state index contributed by atoms with van der Waals surface area (Å²) in [4.78, 5) is 0. The standard InChI is InChI=1S/C16H22/c1-6-15-9-7-8-10-16(15)14(5)13(4)11-12(2)3/h7-11,14H,2,6H2,1,3-5H3/b13-11+/t14-/m1/s1. The molecule has 0 heterocycles. The van der Waals surface area contributed by atoms with E-state index in [0.717, 1.165) is 12.0 Å². The Morgan fingerprint density at radius 3 is 2.50 bits per heavy atom. The minimum Gasteiger partial charge on any atom is -0.0961 e. The van der Waals surface area contributed by atoms with Gasteiger partial charge < -0.3 is 0 Å². The lowest BCUT2D eigenvalue weighted by molar-refractivity contribution is 0.868. The Hall–Kier alpha value is -1.30. The van der Waals surface area contributed by atoms with Crippen LogP contribution in [-0.2, 0) is 6.42 Å². The molecule has 0 fully saturated rings. The summed E-state index contributed by atoms with van der Waals surface area (Å²) in [6.45, 7) is 12.6. The smallest absolute Gasteiger partial charge is 0.00229 e.